The number of nitrogens with zero attached hydrogens (tertiary/aromatic N) is 3. The summed E-state index contributed by atoms with van der Waals surface area (Å²) in [5.41, 5.74) is 2.71. The molecule has 2 N–H and O–H groups in total. The average molecular weight is 598 g/mol. The van der Waals surface area contributed by atoms with Gasteiger partial charge in [-0.2, -0.15) is 24.5 Å². The van der Waals surface area contributed by atoms with Gasteiger partial charge in [0, 0.05) is 37.9 Å². The molecule has 1 atom stereocenters. The maximum atomic E-state index is 13.6. The van der Waals surface area contributed by atoms with Crippen molar-refractivity contribution in [2.45, 2.75) is 19.1 Å². The molecule has 41 heavy (non-hydrogen) atoms. The molecule has 4 rings (SSSR count). The van der Waals surface area contributed by atoms with Crippen molar-refractivity contribution in [1.82, 2.24) is 24.2 Å². The number of carbonyl (C=O) groups is 2. The van der Waals surface area contributed by atoms with E-state index in [1.54, 1.807) is 30.6 Å². The highest BCUT2D eigenvalue weighted by Crippen LogP contribution is 2.26. The number of nitrogens with one attached hydrogen (secondary N) is 2. The number of hydrogen-bond donors (Lipinski definition) is 2. The van der Waals surface area contributed by atoms with Crippen LogP contribution in [0.15, 0.2) is 73.1 Å². The van der Waals surface area contributed by atoms with Gasteiger partial charge in [0.15, 0.2) is 0 Å². The highest BCUT2D eigenvalue weighted by Gasteiger charge is 2.31. The molecular weight excluding hydrogens is 562 g/mol. The Bertz CT molecular complexity index is 1420. The fourth-order valence-corrected chi connectivity index (χ4v) is 6.01. The van der Waals surface area contributed by atoms with Crippen LogP contribution in [0, 0.1) is 0 Å². The van der Waals surface area contributed by atoms with Crippen molar-refractivity contribution in [2.24, 2.45) is 0 Å². The van der Waals surface area contributed by atoms with E-state index in [9.17, 15) is 18.0 Å². The molecule has 0 radical (unpaired) electrons. The Balaban J connectivity index is 1.53. The highest BCUT2D eigenvalue weighted by molar-refractivity contribution is 7.98. The van der Waals surface area contributed by atoms with Gasteiger partial charge in [0.05, 0.1) is 6.20 Å². The largest absolute Gasteiger partial charge is 0.487 e. The Kier molecular flexibility index (Phi) is 10.7. The number of likely N-dealkylation sites (N-methyl/N-ethyl adjacent to an activating group) is 1. The van der Waals surface area contributed by atoms with Crippen molar-refractivity contribution < 1.29 is 22.7 Å². The monoisotopic (exact) mass is 597 g/mol. The zero-order valence-electron chi connectivity index (χ0n) is 23.2. The molecule has 1 unspecified atom stereocenters. The Morgan fingerprint density at radius 1 is 1.05 bits per heavy atom. The number of aromatic nitrogens is 1. The summed E-state index contributed by atoms with van der Waals surface area (Å²) in [5, 5.41) is 2.79. The Hall–Kier alpha value is -3.45. The van der Waals surface area contributed by atoms with E-state index in [0.717, 1.165) is 11.1 Å². The topological polar surface area (TPSA) is 121 Å². The van der Waals surface area contributed by atoms with E-state index in [4.69, 9.17) is 4.74 Å². The second-order valence-corrected chi connectivity index (χ2v) is 12.4. The number of carbonyl (C=O) groups excluding carboxylic acids is 2. The number of rotatable bonds is 12. The third-order valence-electron chi connectivity index (χ3n) is 6.72. The molecule has 3 aromatic rings. The van der Waals surface area contributed by atoms with E-state index in [1.165, 1.54) is 16.1 Å². The zero-order valence-corrected chi connectivity index (χ0v) is 24.8. The quantitative estimate of drug-likeness (QED) is 0.327. The van der Waals surface area contributed by atoms with Crippen LogP contribution in [0.5, 0.6) is 5.75 Å². The molecule has 2 amide bonds. The second kappa shape index (κ2) is 14.4. The van der Waals surface area contributed by atoms with E-state index in [2.05, 4.69) is 15.0 Å². The van der Waals surface area contributed by atoms with Gasteiger partial charge >= 0.3 is 10.2 Å². The lowest BCUT2D eigenvalue weighted by Crippen LogP contribution is -2.55. The van der Waals surface area contributed by atoms with Crippen LogP contribution in [0.3, 0.4) is 0 Å². The fourth-order valence-electron chi connectivity index (χ4n) is 4.37. The average Bonchev–Trinajstić information content (AvgIpc) is 2.99. The maximum absolute atomic E-state index is 13.6. The minimum atomic E-state index is -4.03. The SMILES string of the molecule is CSCCC(NC(=O)c1ccc(COc2cccnc2)cc1-c1ccccc1)C(=O)NS(=O)(=O)N1CCN(C)CC1. The van der Waals surface area contributed by atoms with Gasteiger partial charge < -0.3 is 15.0 Å². The standard InChI is InChI=1S/C29H35N5O5S2/c1-33-14-16-34(17-15-33)41(37,38)32-29(36)27(12-18-40-2)31-28(35)25-11-10-22(21-39-24-9-6-13-30-20-24)19-26(25)23-7-4-3-5-8-23/h3-11,13,19-20,27H,12,14-18,21H2,1-2H3,(H,31,35)(H,32,36). The van der Waals surface area contributed by atoms with Crippen molar-refractivity contribution in [1.29, 1.82) is 0 Å². The van der Waals surface area contributed by atoms with E-state index in [0.29, 0.717) is 35.7 Å². The van der Waals surface area contributed by atoms with Crippen LogP contribution in [-0.2, 0) is 21.6 Å². The molecule has 10 nitrogen and oxygen atoms in total. The van der Waals surface area contributed by atoms with E-state index in [1.807, 2.05) is 60.7 Å². The summed E-state index contributed by atoms with van der Waals surface area (Å²) < 4.78 is 35.1. The van der Waals surface area contributed by atoms with Crippen LogP contribution in [0.4, 0.5) is 0 Å². The lowest BCUT2D eigenvalue weighted by molar-refractivity contribution is -0.121. The molecule has 12 heteroatoms. The summed E-state index contributed by atoms with van der Waals surface area (Å²) >= 11 is 1.51. The first kappa shape index (κ1) is 30.5. The summed E-state index contributed by atoms with van der Waals surface area (Å²) in [5.74, 6) is -0.0380. The lowest BCUT2D eigenvalue weighted by atomic mass is 9.96. The van der Waals surface area contributed by atoms with Crippen molar-refractivity contribution in [2.75, 3.05) is 45.2 Å². The van der Waals surface area contributed by atoms with E-state index >= 15 is 0 Å². The van der Waals surface area contributed by atoms with Gasteiger partial charge in [0.2, 0.25) is 0 Å². The number of ether oxygens (including phenoxy) is 1. The van der Waals surface area contributed by atoms with Gasteiger partial charge in [-0.15, -0.1) is 0 Å². The first-order chi connectivity index (χ1) is 19.8. The number of benzene rings is 2. The van der Waals surface area contributed by atoms with E-state index in [-0.39, 0.29) is 26.1 Å². The number of thioether (sulfide) groups is 1. The molecule has 1 aromatic heterocycles. The predicted octanol–water partition coefficient (Wildman–Crippen LogP) is 2.79. The lowest BCUT2D eigenvalue weighted by Gasteiger charge is -2.31. The zero-order chi connectivity index (χ0) is 29.2. The third-order valence-corrected chi connectivity index (χ3v) is 8.87. The van der Waals surface area contributed by atoms with Gasteiger partial charge in [-0.25, -0.2) is 4.72 Å². The Morgan fingerprint density at radius 2 is 1.80 bits per heavy atom. The molecule has 0 aliphatic carbocycles. The minimum Gasteiger partial charge on any atom is -0.487 e. The van der Waals surface area contributed by atoms with Gasteiger partial charge in [0.1, 0.15) is 18.4 Å². The molecule has 1 aliphatic heterocycles. The molecule has 0 saturated carbocycles. The van der Waals surface area contributed by atoms with Crippen LogP contribution >= 0.6 is 11.8 Å². The summed E-state index contributed by atoms with van der Waals surface area (Å²) in [4.78, 5) is 32.9. The molecule has 0 bridgehead atoms. The first-order valence-electron chi connectivity index (χ1n) is 13.3. The first-order valence-corrected chi connectivity index (χ1v) is 16.1. The molecule has 218 valence electrons. The Labute approximate surface area is 245 Å². The van der Waals surface area contributed by atoms with Crippen LogP contribution in [0.1, 0.15) is 22.3 Å². The van der Waals surface area contributed by atoms with Gasteiger partial charge in [0.25, 0.3) is 11.8 Å². The second-order valence-electron chi connectivity index (χ2n) is 9.70. The van der Waals surface area contributed by atoms with Gasteiger partial charge in [-0.1, -0.05) is 36.4 Å². The molecular formula is C29H35N5O5S2. The molecule has 2 aromatic carbocycles. The van der Waals surface area contributed by atoms with Crippen molar-refractivity contribution in [3.05, 3.63) is 84.2 Å². The van der Waals surface area contributed by atoms with Crippen molar-refractivity contribution in [3.63, 3.8) is 0 Å². The third kappa shape index (κ3) is 8.52. The van der Waals surface area contributed by atoms with Gasteiger partial charge in [-0.3, -0.25) is 14.6 Å². The maximum Gasteiger partial charge on any atom is 0.303 e. The van der Waals surface area contributed by atoms with Crippen LogP contribution in [-0.4, -0.2) is 85.7 Å². The minimum absolute atomic E-state index is 0.273. The molecule has 0 spiro atoms. The molecule has 1 saturated heterocycles. The van der Waals surface area contributed by atoms with Gasteiger partial charge in [-0.05, 0) is 66.4 Å². The predicted molar refractivity (Wildman–Crippen MR) is 161 cm³/mol. The van der Waals surface area contributed by atoms with E-state index < -0.39 is 28.1 Å². The molecule has 1 fully saturated rings. The van der Waals surface area contributed by atoms with Crippen LogP contribution < -0.4 is 14.8 Å². The molecule has 1 aliphatic rings. The summed E-state index contributed by atoms with van der Waals surface area (Å²) in [6.07, 6.45) is 5.46. The number of amides is 2. The Morgan fingerprint density at radius 3 is 2.49 bits per heavy atom. The van der Waals surface area contributed by atoms with Crippen LogP contribution in [0.2, 0.25) is 0 Å². The summed E-state index contributed by atoms with van der Waals surface area (Å²) in [7, 11) is -2.11. The highest BCUT2D eigenvalue weighted by atomic mass is 32.2. The number of hydrogen-bond acceptors (Lipinski definition) is 8. The summed E-state index contributed by atoms with van der Waals surface area (Å²) in [6.45, 7) is 2.01. The number of piperazine rings is 1. The number of pyridine rings is 1. The van der Waals surface area contributed by atoms with Crippen molar-refractivity contribution >= 4 is 33.8 Å². The molecule has 2 heterocycles. The van der Waals surface area contributed by atoms with Crippen molar-refractivity contribution in [3.8, 4) is 16.9 Å². The smallest absolute Gasteiger partial charge is 0.303 e. The van der Waals surface area contributed by atoms with Crippen LogP contribution in [0.25, 0.3) is 11.1 Å². The fraction of sp³-hybridized carbons (Fsp3) is 0.345. The normalized spacial score (nSPS) is 15.2. The summed E-state index contributed by atoms with van der Waals surface area (Å²) in [6, 6.07) is 17.4.